The van der Waals surface area contributed by atoms with E-state index in [4.69, 9.17) is 9.47 Å². The predicted octanol–water partition coefficient (Wildman–Crippen LogP) is 2.30. The minimum atomic E-state index is -0.463. The average Bonchev–Trinajstić information content (AvgIpc) is 2.26. The molecule has 1 heterocycles. The van der Waals surface area contributed by atoms with E-state index in [0.717, 1.165) is 11.3 Å². The van der Waals surface area contributed by atoms with Gasteiger partial charge in [0.25, 0.3) is 0 Å². The Bertz CT molecular complexity index is 364. The largest absolute Gasteiger partial charge is 0.485 e. The van der Waals surface area contributed by atoms with E-state index in [1.54, 1.807) is 0 Å². The number of benzene rings is 1. The summed E-state index contributed by atoms with van der Waals surface area (Å²) in [5.41, 5.74) is 0.445. The van der Waals surface area contributed by atoms with Gasteiger partial charge in [0, 0.05) is 18.6 Å². The molecule has 2 atom stereocenters. The van der Waals surface area contributed by atoms with Crippen LogP contribution in [0, 0.1) is 0 Å². The summed E-state index contributed by atoms with van der Waals surface area (Å²) in [6.07, 6.45) is 0.111. The number of hydrogen-bond donors (Lipinski definition) is 1. The summed E-state index contributed by atoms with van der Waals surface area (Å²) in [7, 11) is 0. The van der Waals surface area contributed by atoms with Crippen LogP contribution >= 0.6 is 0 Å². The van der Waals surface area contributed by atoms with Crippen molar-refractivity contribution >= 4 is 0 Å². The van der Waals surface area contributed by atoms with Crippen molar-refractivity contribution in [3.63, 3.8) is 0 Å². The lowest BCUT2D eigenvalue weighted by molar-refractivity contribution is -0.0574. The summed E-state index contributed by atoms with van der Waals surface area (Å²) in [5, 5.41) is 10.1. The van der Waals surface area contributed by atoms with Crippen LogP contribution in [0.3, 0.4) is 0 Å². The van der Waals surface area contributed by atoms with Crippen molar-refractivity contribution in [1.29, 1.82) is 0 Å². The van der Waals surface area contributed by atoms with Crippen molar-refractivity contribution in [3.8, 4) is 5.75 Å². The molecule has 1 aromatic rings. The monoisotopic (exact) mass is 222 g/mol. The number of ether oxygens (including phenoxy) is 2. The lowest BCUT2D eigenvalue weighted by atomic mass is 9.91. The molecule has 16 heavy (non-hydrogen) atoms. The number of hydrogen-bond acceptors (Lipinski definition) is 3. The molecule has 2 rings (SSSR count). The lowest BCUT2D eigenvalue weighted by Gasteiger charge is -2.37. The highest BCUT2D eigenvalue weighted by molar-refractivity contribution is 5.37. The van der Waals surface area contributed by atoms with E-state index in [-0.39, 0.29) is 0 Å². The Morgan fingerprint density at radius 2 is 2.25 bits per heavy atom. The Morgan fingerprint density at radius 1 is 1.50 bits per heavy atom. The van der Waals surface area contributed by atoms with Crippen LogP contribution in [0.2, 0.25) is 0 Å². The smallest absolute Gasteiger partial charge is 0.132 e. The van der Waals surface area contributed by atoms with E-state index in [1.807, 2.05) is 38.1 Å². The van der Waals surface area contributed by atoms with Crippen LogP contribution in [0.15, 0.2) is 24.3 Å². The molecule has 0 radical (unpaired) electrons. The Morgan fingerprint density at radius 3 is 3.00 bits per heavy atom. The Labute approximate surface area is 96.0 Å². The summed E-state index contributed by atoms with van der Waals surface area (Å²) in [6, 6.07) is 7.62. The van der Waals surface area contributed by atoms with E-state index < -0.39 is 11.7 Å². The van der Waals surface area contributed by atoms with Gasteiger partial charge in [0.1, 0.15) is 11.4 Å². The topological polar surface area (TPSA) is 38.7 Å². The maximum absolute atomic E-state index is 10.1. The first kappa shape index (κ1) is 11.4. The molecule has 0 amide bonds. The molecule has 1 N–H and O–H groups in total. The van der Waals surface area contributed by atoms with Gasteiger partial charge in [-0.3, -0.25) is 0 Å². The van der Waals surface area contributed by atoms with E-state index in [9.17, 15) is 5.11 Å². The summed E-state index contributed by atoms with van der Waals surface area (Å²) in [6.45, 7) is 5.10. The third-order valence-electron chi connectivity index (χ3n) is 2.87. The molecule has 0 spiro atoms. The van der Waals surface area contributed by atoms with Crippen molar-refractivity contribution in [2.45, 2.75) is 32.0 Å². The Balaban J connectivity index is 2.20. The molecule has 0 aliphatic carbocycles. The van der Waals surface area contributed by atoms with Gasteiger partial charge in [-0.1, -0.05) is 18.2 Å². The quantitative estimate of drug-likeness (QED) is 0.852. The van der Waals surface area contributed by atoms with Crippen molar-refractivity contribution < 1.29 is 14.6 Å². The van der Waals surface area contributed by atoms with Gasteiger partial charge in [0.15, 0.2) is 0 Å². The number of aliphatic hydroxyl groups excluding tert-OH is 1. The molecule has 1 aliphatic rings. The second kappa shape index (κ2) is 4.44. The normalized spacial score (nSPS) is 28.3. The fourth-order valence-corrected chi connectivity index (χ4v) is 2.08. The number of rotatable bonds is 3. The molecule has 1 unspecified atom stereocenters. The molecular formula is C13H18O3. The van der Waals surface area contributed by atoms with Crippen LogP contribution in [0.25, 0.3) is 0 Å². The first-order chi connectivity index (χ1) is 7.64. The molecule has 3 heteroatoms. The van der Waals surface area contributed by atoms with Crippen molar-refractivity contribution in [2.24, 2.45) is 0 Å². The van der Waals surface area contributed by atoms with Crippen molar-refractivity contribution in [3.05, 3.63) is 29.8 Å². The highest BCUT2D eigenvalue weighted by Gasteiger charge is 2.36. The molecule has 0 saturated heterocycles. The molecule has 0 fully saturated rings. The highest BCUT2D eigenvalue weighted by atomic mass is 16.5. The standard InChI is InChI=1S/C13H18O3/c1-3-15-9-13(2)8-11(14)10-6-4-5-7-12(10)16-13/h4-7,11,14H,3,8-9H2,1-2H3/t11-,13?/m0/s1. The molecule has 1 aliphatic heterocycles. The van der Waals surface area contributed by atoms with E-state index in [1.165, 1.54) is 0 Å². The van der Waals surface area contributed by atoms with E-state index >= 15 is 0 Å². The number of fused-ring (bicyclic) bond motifs is 1. The van der Waals surface area contributed by atoms with Crippen LogP contribution in [0.1, 0.15) is 31.9 Å². The molecule has 0 aromatic heterocycles. The van der Waals surface area contributed by atoms with Crippen LogP contribution in [0.5, 0.6) is 5.75 Å². The minimum absolute atomic E-state index is 0.427. The van der Waals surface area contributed by atoms with Gasteiger partial charge in [-0.15, -0.1) is 0 Å². The Hall–Kier alpha value is -1.06. The van der Waals surface area contributed by atoms with E-state index in [2.05, 4.69) is 0 Å². The zero-order chi connectivity index (χ0) is 11.6. The maximum Gasteiger partial charge on any atom is 0.132 e. The van der Waals surface area contributed by atoms with Gasteiger partial charge in [0.2, 0.25) is 0 Å². The summed E-state index contributed by atoms with van der Waals surface area (Å²) >= 11 is 0. The molecule has 88 valence electrons. The molecule has 3 nitrogen and oxygen atoms in total. The summed E-state index contributed by atoms with van der Waals surface area (Å²) in [5.74, 6) is 0.767. The maximum atomic E-state index is 10.1. The van der Waals surface area contributed by atoms with Gasteiger partial charge in [-0.25, -0.2) is 0 Å². The van der Waals surface area contributed by atoms with Crippen molar-refractivity contribution in [1.82, 2.24) is 0 Å². The first-order valence-electron chi connectivity index (χ1n) is 5.68. The second-order valence-electron chi connectivity index (χ2n) is 4.45. The van der Waals surface area contributed by atoms with Gasteiger partial charge >= 0.3 is 0 Å². The fourth-order valence-electron chi connectivity index (χ4n) is 2.08. The number of para-hydroxylation sites is 1. The van der Waals surface area contributed by atoms with Gasteiger partial charge < -0.3 is 14.6 Å². The zero-order valence-corrected chi connectivity index (χ0v) is 9.77. The summed E-state index contributed by atoms with van der Waals surface area (Å²) in [4.78, 5) is 0. The average molecular weight is 222 g/mol. The Kier molecular flexibility index (Phi) is 3.17. The van der Waals surface area contributed by atoms with Gasteiger partial charge in [-0.05, 0) is 19.9 Å². The van der Waals surface area contributed by atoms with Gasteiger partial charge in [-0.2, -0.15) is 0 Å². The van der Waals surface area contributed by atoms with Crippen LogP contribution in [-0.4, -0.2) is 23.9 Å². The molecule has 0 saturated carbocycles. The van der Waals surface area contributed by atoms with Crippen LogP contribution in [-0.2, 0) is 4.74 Å². The first-order valence-corrected chi connectivity index (χ1v) is 5.68. The third kappa shape index (κ3) is 2.20. The second-order valence-corrected chi connectivity index (χ2v) is 4.45. The van der Waals surface area contributed by atoms with Crippen LogP contribution < -0.4 is 4.74 Å². The molecular weight excluding hydrogens is 204 g/mol. The molecule has 0 bridgehead atoms. The minimum Gasteiger partial charge on any atom is -0.485 e. The van der Waals surface area contributed by atoms with Crippen molar-refractivity contribution in [2.75, 3.05) is 13.2 Å². The highest BCUT2D eigenvalue weighted by Crippen LogP contribution is 2.39. The lowest BCUT2D eigenvalue weighted by Crippen LogP contribution is -2.42. The third-order valence-corrected chi connectivity index (χ3v) is 2.87. The zero-order valence-electron chi connectivity index (χ0n) is 9.77. The number of aliphatic hydroxyl groups is 1. The summed E-state index contributed by atoms with van der Waals surface area (Å²) < 4.78 is 11.3. The fraction of sp³-hybridized carbons (Fsp3) is 0.538. The molecule has 1 aromatic carbocycles. The van der Waals surface area contributed by atoms with Gasteiger partial charge in [0.05, 0.1) is 12.7 Å². The van der Waals surface area contributed by atoms with Crippen LogP contribution in [0.4, 0.5) is 0 Å². The van der Waals surface area contributed by atoms with E-state index in [0.29, 0.717) is 19.6 Å². The predicted molar refractivity (Wildman–Crippen MR) is 61.5 cm³/mol. The SMILES string of the molecule is CCOCC1(C)C[C@H](O)c2ccccc2O1.